The minimum atomic E-state index is -3.53. The summed E-state index contributed by atoms with van der Waals surface area (Å²) in [6.45, 7) is 3.49. The van der Waals surface area contributed by atoms with Gasteiger partial charge in [0, 0.05) is 18.2 Å². The fourth-order valence-electron chi connectivity index (χ4n) is 1.72. The zero-order valence-corrected chi connectivity index (χ0v) is 14.0. The Morgan fingerprint density at radius 3 is 2.52 bits per heavy atom. The number of carbonyl (C=O) groups is 1. The molecule has 0 heterocycles. The van der Waals surface area contributed by atoms with Crippen LogP contribution in [-0.4, -0.2) is 27.4 Å². The predicted molar refractivity (Wildman–Crippen MR) is 86.2 cm³/mol. The number of halogens is 1. The highest BCUT2D eigenvalue weighted by molar-refractivity contribution is 7.89. The molecule has 0 bridgehead atoms. The van der Waals surface area contributed by atoms with Crippen LogP contribution in [-0.2, 0) is 14.8 Å². The van der Waals surface area contributed by atoms with Crippen molar-refractivity contribution in [2.75, 3.05) is 12.4 Å². The molecule has 1 rings (SSSR count). The van der Waals surface area contributed by atoms with Crippen LogP contribution in [0.4, 0.5) is 5.69 Å². The van der Waals surface area contributed by atoms with Crippen LogP contribution < -0.4 is 15.8 Å². The number of amides is 1. The van der Waals surface area contributed by atoms with Gasteiger partial charge in [0.2, 0.25) is 15.9 Å². The molecule has 4 N–H and O–H groups in total. The Hall–Kier alpha value is -1.15. The normalized spacial score (nSPS) is 12.4. The van der Waals surface area contributed by atoms with Gasteiger partial charge in [0.1, 0.15) is 0 Å². The maximum atomic E-state index is 11.8. The summed E-state index contributed by atoms with van der Waals surface area (Å²) in [6.07, 6.45) is 0.888. The number of rotatable bonds is 6. The van der Waals surface area contributed by atoms with Crippen molar-refractivity contribution in [1.82, 2.24) is 4.72 Å². The average Bonchev–Trinajstić information content (AvgIpc) is 2.38. The van der Waals surface area contributed by atoms with E-state index in [1.54, 1.807) is 19.1 Å². The molecule has 1 atom stereocenters. The maximum absolute atomic E-state index is 11.8. The van der Waals surface area contributed by atoms with Gasteiger partial charge in [-0.2, -0.15) is 0 Å². The first-order valence-electron chi connectivity index (χ1n) is 6.36. The smallest absolute Gasteiger partial charge is 0.240 e. The minimum Gasteiger partial charge on any atom is -0.328 e. The highest BCUT2D eigenvalue weighted by atomic mass is 35.5. The standard InChI is InChI=1S/C13H21N3O3S.ClH/c1-9(14)7-8-13(17)16-11-5-4-6-12(10(11)2)20(18,19)15-3;/h4-6,9,15H,7-8,14H2,1-3H3,(H,16,17);1H. The first-order valence-corrected chi connectivity index (χ1v) is 7.85. The molecular weight excluding hydrogens is 314 g/mol. The number of nitrogens with two attached hydrogens (primary N) is 1. The molecule has 0 saturated carbocycles. The van der Waals surface area contributed by atoms with Crippen molar-refractivity contribution in [2.45, 2.75) is 37.6 Å². The molecule has 1 aromatic rings. The van der Waals surface area contributed by atoms with Gasteiger partial charge in [0.15, 0.2) is 0 Å². The van der Waals surface area contributed by atoms with Crippen LogP contribution in [0.15, 0.2) is 23.1 Å². The Morgan fingerprint density at radius 2 is 2.00 bits per heavy atom. The van der Waals surface area contributed by atoms with Crippen molar-refractivity contribution in [3.8, 4) is 0 Å². The van der Waals surface area contributed by atoms with Crippen molar-refractivity contribution in [1.29, 1.82) is 0 Å². The molecule has 0 saturated heterocycles. The fourth-order valence-corrected chi connectivity index (χ4v) is 2.71. The van der Waals surface area contributed by atoms with E-state index in [0.29, 0.717) is 24.1 Å². The molecule has 0 aliphatic rings. The SMILES string of the molecule is CNS(=O)(=O)c1cccc(NC(=O)CCC(C)N)c1C.Cl. The Balaban J connectivity index is 0.00000400. The third kappa shape index (κ3) is 5.62. The molecule has 1 unspecified atom stereocenters. The summed E-state index contributed by atoms with van der Waals surface area (Å²) < 4.78 is 25.9. The maximum Gasteiger partial charge on any atom is 0.240 e. The van der Waals surface area contributed by atoms with Gasteiger partial charge in [-0.1, -0.05) is 6.07 Å². The van der Waals surface area contributed by atoms with Crippen LogP contribution in [0, 0.1) is 6.92 Å². The van der Waals surface area contributed by atoms with Crippen molar-refractivity contribution in [3.63, 3.8) is 0 Å². The molecule has 21 heavy (non-hydrogen) atoms. The zero-order valence-electron chi connectivity index (χ0n) is 12.3. The summed E-state index contributed by atoms with van der Waals surface area (Å²) >= 11 is 0. The molecule has 0 spiro atoms. The highest BCUT2D eigenvalue weighted by Gasteiger charge is 2.17. The van der Waals surface area contributed by atoms with Crippen LogP contribution in [0.3, 0.4) is 0 Å². The molecule has 0 fully saturated rings. The molecule has 120 valence electrons. The van der Waals surface area contributed by atoms with Gasteiger partial charge in [-0.15, -0.1) is 12.4 Å². The highest BCUT2D eigenvalue weighted by Crippen LogP contribution is 2.22. The molecule has 8 heteroatoms. The van der Waals surface area contributed by atoms with E-state index in [4.69, 9.17) is 5.73 Å². The number of sulfonamides is 1. The lowest BCUT2D eigenvalue weighted by molar-refractivity contribution is -0.116. The quantitative estimate of drug-likeness (QED) is 0.731. The van der Waals surface area contributed by atoms with Crippen LogP contribution >= 0.6 is 12.4 Å². The number of hydrogen-bond acceptors (Lipinski definition) is 4. The molecule has 0 aliphatic heterocycles. The molecule has 1 aromatic carbocycles. The van der Waals surface area contributed by atoms with Gasteiger partial charge in [-0.3, -0.25) is 4.79 Å². The second-order valence-electron chi connectivity index (χ2n) is 4.70. The van der Waals surface area contributed by atoms with Gasteiger partial charge in [0.05, 0.1) is 4.90 Å². The molecule has 0 aromatic heterocycles. The minimum absolute atomic E-state index is 0. The van der Waals surface area contributed by atoms with Crippen molar-refractivity contribution in [3.05, 3.63) is 23.8 Å². The second kappa shape index (κ2) is 8.33. The Kier molecular flexibility index (Phi) is 7.87. The van der Waals surface area contributed by atoms with E-state index in [9.17, 15) is 13.2 Å². The summed E-state index contributed by atoms with van der Waals surface area (Å²) in [4.78, 5) is 11.9. The second-order valence-corrected chi connectivity index (χ2v) is 6.56. The van der Waals surface area contributed by atoms with Crippen LogP contribution in [0.1, 0.15) is 25.3 Å². The van der Waals surface area contributed by atoms with Crippen molar-refractivity contribution >= 4 is 34.0 Å². The first-order chi connectivity index (χ1) is 9.27. The zero-order chi connectivity index (χ0) is 15.3. The van der Waals surface area contributed by atoms with E-state index < -0.39 is 10.0 Å². The monoisotopic (exact) mass is 335 g/mol. The van der Waals surface area contributed by atoms with Gasteiger partial charge in [-0.05, 0) is 45.0 Å². The molecule has 0 radical (unpaired) electrons. The average molecular weight is 336 g/mol. The van der Waals surface area contributed by atoms with Crippen LogP contribution in [0.2, 0.25) is 0 Å². The molecule has 1 amide bonds. The number of hydrogen-bond donors (Lipinski definition) is 3. The number of nitrogens with one attached hydrogen (secondary N) is 2. The summed E-state index contributed by atoms with van der Waals surface area (Å²) in [6, 6.07) is 4.73. The number of carbonyl (C=O) groups excluding carboxylic acids is 1. The van der Waals surface area contributed by atoms with Crippen molar-refractivity contribution in [2.24, 2.45) is 5.73 Å². The molecule has 6 nitrogen and oxygen atoms in total. The lowest BCUT2D eigenvalue weighted by atomic mass is 10.1. The van der Waals surface area contributed by atoms with Crippen LogP contribution in [0.5, 0.6) is 0 Å². The van der Waals surface area contributed by atoms with Gasteiger partial charge in [0.25, 0.3) is 0 Å². The van der Waals surface area contributed by atoms with E-state index >= 15 is 0 Å². The topological polar surface area (TPSA) is 101 Å². The van der Waals surface area contributed by atoms with E-state index in [2.05, 4.69) is 10.0 Å². The summed E-state index contributed by atoms with van der Waals surface area (Å²) in [5.74, 6) is -0.176. The number of anilines is 1. The van der Waals surface area contributed by atoms with Gasteiger partial charge < -0.3 is 11.1 Å². The summed E-state index contributed by atoms with van der Waals surface area (Å²) in [5, 5.41) is 2.72. The predicted octanol–water partition coefficient (Wildman–Crippen LogP) is 1.39. The van der Waals surface area contributed by atoms with E-state index in [1.807, 2.05) is 6.92 Å². The summed E-state index contributed by atoms with van der Waals surface area (Å²) in [5.41, 5.74) is 6.60. The molecule has 0 aliphatic carbocycles. The van der Waals surface area contributed by atoms with Crippen molar-refractivity contribution < 1.29 is 13.2 Å². The molecular formula is C13H22ClN3O3S. The van der Waals surface area contributed by atoms with Gasteiger partial charge in [-0.25, -0.2) is 13.1 Å². The lowest BCUT2D eigenvalue weighted by Gasteiger charge is -2.13. The Labute approximate surface area is 132 Å². The first kappa shape index (κ1) is 19.9. The Morgan fingerprint density at radius 1 is 1.38 bits per heavy atom. The van der Waals surface area contributed by atoms with E-state index in [1.165, 1.54) is 13.1 Å². The van der Waals surface area contributed by atoms with E-state index in [0.717, 1.165) is 0 Å². The van der Waals surface area contributed by atoms with E-state index in [-0.39, 0.29) is 29.3 Å². The third-order valence-corrected chi connectivity index (χ3v) is 4.50. The largest absolute Gasteiger partial charge is 0.328 e. The summed E-state index contributed by atoms with van der Waals surface area (Å²) in [7, 11) is -2.18. The lowest BCUT2D eigenvalue weighted by Crippen LogP contribution is -2.22. The van der Waals surface area contributed by atoms with Crippen LogP contribution in [0.25, 0.3) is 0 Å². The Bertz CT molecular complexity index is 588. The fraction of sp³-hybridized carbons (Fsp3) is 0.462. The van der Waals surface area contributed by atoms with Gasteiger partial charge >= 0.3 is 0 Å². The third-order valence-electron chi connectivity index (χ3n) is 2.94. The number of benzene rings is 1.